The molecule has 2 aromatic heterocycles. The summed E-state index contributed by atoms with van der Waals surface area (Å²) < 4.78 is 2.07. The van der Waals surface area contributed by atoms with Gasteiger partial charge in [0.05, 0.1) is 17.3 Å². The normalized spacial score (nSPS) is 18.2. The average molecular weight is 323 g/mol. The number of benzene rings is 1. The zero-order valence-corrected chi connectivity index (χ0v) is 14.0. The number of para-hydroxylation sites is 1. The molecule has 3 aromatic rings. The molecule has 4 rings (SSSR count). The lowest BCUT2D eigenvalue weighted by molar-refractivity contribution is 0.0667. The summed E-state index contributed by atoms with van der Waals surface area (Å²) in [5.74, 6) is -0.00122. The minimum absolute atomic E-state index is 0.00122. The van der Waals surface area contributed by atoms with Crippen molar-refractivity contribution >= 4 is 16.8 Å². The lowest BCUT2D eigenvalue weighted by Gasteiger charge is -2.33. The summed E-state index contributed by atoms with van der Waals surface area (Å²) in [4.78, 5) is 14.9. The monoisotopic (exact) mass is 323 g/mol. The van der Waals surface area contributed by atoms with Gasteiger partial charge < -0.3 is 4.90 Å². The first-order chi connectivity index (χ1) is 11.6. The third kappa shape index (κ3) is 2.48. The van der Waals surface area contributed by atoms with Crippen LogP contribution in [0.1, 0.15) is 40.8 Å². The molecule has 1 amide bonds. The number of nitrogens with zero attached hydrogens (tertiary/aromatic N) is 4. The van der Waals surface area contributed by atoms with E-state index in [1.807, 2.05) is 36.1 Å². The zero-order chi connectivity index (χ0) is 16.7. The van der Waals surface area contributed by atoms with E-state index in [4.69, 9.17) is 0 Å². The fraction of sp³-hybridized carbons (Fsp3) is 0.389. The molecular formula is C18H21N5O. The molecule has 0 radical (unpaired) electrons. The number of aromatic nitrogens is 4. The van der Waals surface area contributed by atoms with E-state index < -0.39 is 0 Å². The van der Waals surface area contributed by atoms with Crippen molar-refractivity contribution in [3.8, 4) is 0 Å². The van der Waals surface area contributed by atoms with Gasteiger partial charge >= 0.3 is 0 Å². The molecule has 1 atom stereocenters. The highest BCUT2D eigenvalue weighted by Gasteiger charge is 2.28. The number of H-pyrrole nitrogens is 1. The maximum Gasteiger partial charge on any atom is 0.275 e. The van der Waals surface area contributed by atoms with Crippen LogP contribution in [0.2, 0.25) is 0 Å². The summed E-state index contributed by atoms with van der Waals surface area (Å²) in [5.41, 5.74) is 3.58. The first-order valence-electron chi connectivity index (χ1n) is 8.38. The van der Waals surface area contributed by atoms with Crippen LogP contribution in [0.15, 0.2) is 30.3 Å². The van der Waals surface area contributed by atoms with Crippen LogP contribution in [-0.2, 0) is 0 Å². The molecule has 24 heavy (non-hydrogen) atoms. The van der Waals surface area contributed by atoms with Crippen molar-refractivity contribution in [1.82, 2.24) is 24.9 Å². The molecule has 124 valence electrons. The van der Waals surface area contributed by atoms with Crippen molar-refractivity contribution in [3.05, 3.63) is 47.4 Å². The molecule has 1 aromatic carbocycles. The van der Waals surface area contributed by atoms with Crippen molar-refractivity contribution in [2.45, 2.75) is 32.7 Å². The van der Waals surface area contributed by atoms with Gasteiger partial charge in [0.1, 0.15) is 0 Å². The number of aromatic amines is 1. The van der Waals surface area contributed by atoms with Gasteiger partial charge in [-0.15, -0.1) is 0 Å². The number of aryl methyl sites for hydroxylation is 2. The van der Waals surface area contributed by atoms with E-state index in [0.717, 1.165) is 41.7 Å². The van der Waals surface area contributed by atoms with Crippen LogP contribution in [0.4, 0.5) is 0 Å². The Morgan fingerprint density at radius 3 is 2.92 bits per heavy atom. The minimum atomic E-state index is -0.00122. The molecule has 6 nitrogen and oxygen atoms in total. The standard InChI is InChI=1S/C18H21N5O/c1-12-10-13(2)23(21-12)14-6-5-9-22(11-14)18(24)17-15-7-3-4-8-16(15)19-20-17/h3-4,7-8,10,14H,5-6,9,11H2,1-2H3,(H,19,20)/t14-/m1/s1. The van der Waals surface area contributed by atoms with Crippen molar-refractivity contribution in [2.24, 2.45) is 0 Å². The van der Waals surface area contributed by atoms with Gasteiger partial charge in [-0.3, -0.25) is 14.6 Å². The summed E-state index contributed by atoms with van der Waals surface area (Å²) in [5, 5.41) is 12.7. The molecule has 1 saturated heterocycles. The van der Waals surface area contributed by atoms with Crippen LogP contribution in [0.3, 0.4) is 0 Å². The second-order valence-electron chi connectivity index (χ2n) is 6.54. The van der Waals surface area contributed by atoms with Crippen LogP contribution in [0, 0.1) is 13.8 Å². The quantitative estimate of drug-likeness (QED) is 0.788. The molecule has 0 unspecified atom stereocenters. The van der Waals surface area contributed by atoms with Crippen LogP contribution >= 0.6 is 0 Å². The summed E-state index contributed by atoms with van der Waals surface area (Å²) in [7, 11) is 0. The SMILES string of the molecule is Cc1cc(C)n([C@@H]2CCCN(C(=O)c3n[nH]c4ccccc34)C2)n1. The maximum absolute atomic E-state index is 13.0. The van der Waals surface area contributed by atoms with E-state index >= 15 is 0 Å². The highest BCUT2D eigenvalue weighted by atomic mass is 16.2. The Hall–Kier alpha value is -2.63. The molecule has 0 aliphatic carbocycles. The lowest BCUT2D eigenvalue weighted by Crippen LogP contribution is -2.41. The average Bonchev–Trinajstić information content (AvgIpc) is 3.17. The summed E-state index contributed by atoms with van der Waals surface area (Å²) >= 11 is 0. The van der Waals surface area contributed by atoms with E-state index in [-0.39, 0.29) is 11.9 Å². The second-order valence-corrected chi connectivity index (χ2v) is 6.54. The van der Waals surface area contributed by atoms with E-state index in [1.54, 1.807) is 0 Å². The largest absolute Gasteiger partial charge is 0.335 e. The predicted octanol–water partition coefficient (Wildman–Crippen LogP) is 2.85. The first kappa shape index (κ1) is 14.9. The predicted molar refractivity (Wildman–Crippen MR) is 92.0 cm³/mol. The number of rotatable bonds is 2. The molecule has 6 heteroatoms. The zero-order valence-electron chi connectivity index (χ0n) is 14.0. The van der Waals surface area contributed by atoms with Gasteiger partial charge in [0.2, 0.25) is 0 Å². The molecule has 1 aliphatic heterocycles. The van der Waals surface area contributed by atoms with Gasteiger partial charge in [0.25, 0.3) is 5.91 Å². The van der Waals surface area contributed by atoms with Crippen molar-refractivity contribution in [1.29, 1.82) is 0 Å². The van der Waals surface area contributed by atoms with E-state index in [2.05, 4.69) is 33.0 Å². The molecule has 3 heterocycles. The molecule has 0 bridgehead atoms. The van der Waals surface area contributed by atoms with Crippen LogP contribution in [-0.4, -0.2) is 43.9 Å². The van der Waals surface area contributed by atoms with Gasteiger partial charge in [0, 0.05) is 24.2 Å². The molecule has 1 fully saturated rings. The number of hydrogen-bond acceptors (Lipinski definition) is 3. The van der Waals surface area contributed by atoms with Gasteiger partial charge in [-0.1, -0.05) is 18.2 Å². The van der Waals surface area contributed by atoms with E-state index in [0.29, 0.717) is 12.2 Å². The van der Waals surface area contributed by atoms with Gasteiger partial charge in [0.15, 0.2) is 5.69 Å². The van der Waals surface area contributed by atoms with Crippen LogP contribution in [0.5, 0.6) is 0 Å². The third-order valence-corrected chi connectivity index (χ3v) is 4.75. The number of hydrogen-bond donors (Lipinski definition) is 1. The number of fused-ring (bicyclic) bond motifs is 1. The molecule has 1 aliphatic rings. The van der Waals surface area contributed by atoms with Crippen LogP contribution in [0.25, 0.3) is 10.9 Å². The fourth-order valence-corrected chi connectivity index (χ4v) is 3.63. The Balaban J connectivity index is 1.60. The molecular weight excluding hydrogens is 302 g/mol. The Bertz CT molecular complexity index is 894. The number of likely N-dealkylation sites (tertiary alicyclic amines) is 1. The first-order valence-corrected chi connectivity index (χ1v) is 8.38. The maximum atomic E-state index is 13.0. The topological polar surface area (TPSA) is 66.8 Å². The van der Waals surface area contributed by atoms with Gasteiger partial charge in [-0.05, 0) is 38.8 Å². The number of carbonyl (C=O) groups is 1. The van der Waals surface area contributed by atoms with Crippen molar-refractivity contribution in [3.63, 3.8) is 0 Å². The van der Waals surface area contributed by atoms with E-state index in [1.165, 1.54) is 0 Å². The van der Waals surface area contributed by atoms with Crippen molar-refractivity contribution < 1.29 is 4.79 Å². The van der Waals surface area contributed by atoms with Crippen molar-refractivity contribution in [2.75, 3.05) is 13.1 Å². The van der Waals surface area contributed by atoms with Crippen LogP contribution < -0.4 is 0 Å². The third-order valence-electron chi connectivity index (χ3n) is 4.75. The fourth-order valence-electron chi connectivity index (χ4n) is 3.63. The Morgan fingerprint density at radius 1 is 1.29 bits per heavy atom. The molecule has 0 saturated carbocycles. The minimum Gasteiger partial charge on any atom is -0.335 e. The lowest BCUT2D eigenvalue weighted by atomic mass is 10.0. The summed E-state index contributed by atoms with van der Waals surface area (Å²) in [6.07, 6.45) is 2.03. The highest BCUT2D eigenvalue weighted by molar-refractivity contribution is 6.04. The Kier molecular flexibility index (Phi) is 3.59. The number of carbonyl (C=O) groups excluding carboxylic acids is 1. The molecule has 1 N–H and O–H groups in total. The smallest absolute Gasteiger partial charge is 0.275 e. The number of nitrogens with one attached hydrogen (secondary N) is 1. The van der Waals surface area contributed by atoms with Gasteiger partial charge in [-0.2, -0.15) is 10.2 Å². The number of amides is 1. The van der Waals surface area contributed by atoms with Gasteiger partial charge in [-0.25, -0.2) is 0 Å². The Labute approximate surface area is 140 Å². The van der Waals surface area contributed by atoms with E-state index in [9.17, 15) is 4.79 Å². The summed E-state index contributed by atoms with van der Waals surface area (Å²) in [6.45, 7) is 5.53. The highest BCUT2D eigenvalue weighted by Crippen LogP contribution is 2.25. The summed E-state index contributed by atoms with van der Waals surface area (Å²) in [6, 6.07) is 10.1. The second kappa shape index (κ2) is 5.78. The molecule has 0 spiro atoms. The Morgan fingerprint density at radius 2 is 2.12 bits per heavy atom. The number of piperidine rings is 1.